The molecule has 5 heterocycles. The molecule has 2 saturated heterocycles. The van der Waals surface area contributed by atoms with Crippen molar-refractivity contribution in [3.8, 4) is 0 Å². The van der Waals surface area contributed by atoms with Gasteiger partial charge in [0, 0.05) is 49.6 Å². The third kappa shape index (κ3) is 4.19. The molecule has 0 unspecified atom stereocenters. The number of ether oxygens (including phenoxy) is 1. The molecule has 2 fully saturated rings. The van der Waals surface area contributed by atoms with Gasteiger partial charge in [0.25, 0.3) is 11.5 Å². The first-order chi connectivity index (χ1) is 17.6. The smallest absolute Gasteiger partial charge is 0.259 e. The summed E-state index contributed by atoms with van der Waals surface area (Å²) in [6.07, 6.45) is 10.1. The number of hydrogen-bond acceptors (Lipinski definition) is 5. The van der Waals surface area contributed by atoms with Gasteiger partial charge in [-0.3, -0.25) is 19.3 Å². The van der Waals surface area contributed by atoms with Crippen molar-refractivity contribution in [3.05, 3.63) is 69.9 Å². The Hall–Kier alpha value is -3.52. The zero-order chi connectivity index (χ0) is 24.6. The normalized spacial score (nSPS) is 17.8. The maximum atomic E-state index is 13.7. The number of rotatable bonds is 4. The average molecular weight is 486 g/mol. The van der Waals surface area contributed by atoms with Gasteiger partial charge in [0.1, 0.15) is 0 Å². The Kier molecular flexibility index (Phi) is 6.05. The summed E-state index contributed by atoms with van der Waals surface area (Å²) in [5, 5.41) is 6.03. The van der Waals surface area contributed by atoms with E-state index in [2.05, 4.69) is 21.1 Å². The van der Waals surface area contributed by atoms with Crippen molar-refractivity contribution >= 4 is 27.7 Å². The number of pyridine rings is 2. The van der Waals surface area contributed by atoms with Gasteiger partial charge in [-0.2, -0.15) is 5.10 Å². The number of hydrogen-bond donors (Lipinski definition) is 1. The number of aryl methyl sites for hydroxylation is 1. The lowest BCUT2D eigenvalue weighted by Crippen LogP contribution is -2.39. The van der Waals surface area contributed by atoms with Crippen molar-refractivity contribution in [2.24, 2.45) is 5.92 Å². The lowest BCUT2D eigenvalue weighted by Gasteiger charge is -2.32. The minimum atomic E-state index is -0.148. The molecule has 0 bridgehead atoms. The molecule has 0 aliphatic carbocycles. The van der Waals surface area contributed by atoms with E-state index in [1.54, 1.807) is 12.4 Å². The first-order valence-corrected chi connectivity index (χ1v) is 12.9. The number of likely N-dealkylation sites (tertiary alicyclic amines) is 1. The highest BCUT2D eigenvalue weighted by atomic mass is 16.5. The summed E-state index contributed by atoms with van der Waals surface area (Å²) < 4.78 is 7.51. The average Bonchev–Trinajstić information content (AvgIpc) is 3.36. The number of carbonyl (C=O) groups excluding carboxylic acids is 1. The van der Waals surface area contributed by atoms with Gasteiger partial charge in [0.2, 0.25) is 0 Å². The van der Waals surface area contributed by atoms with Gasteiger partial charge in [-0.25, -0.2) is 0 Å². The highest BCUT2D eigenvalue weighted by Gasteiger charge is 2.26. The second-order valence-electron chi connectivity index (χ2n) is 10.2. The third-order valence-corrected chi connectivity index (χ3v) is 7.82. The maximum Gasteiger partial charge on any atom is 0.259 e. The van der Waals surface area contributed by atoms with Crippen LogP contribution in [0.2, 0.25) is 0 Å². The Balaban J connectivity index is 1.30. The third-order valence-electron chi connectivity index (χ3n) is 7.82. The molecule has 1 aromatic carbocycles. The van der Waals surface area contributed by atoms with Crippen molar-refractivity contribution in [2.75, 3.05) is 26.3 Å². The van der Waals surface area contributed by atoms with Crippen LogP contribution >= 0.6 is 0 Å². The second kappa shape index (κ2) is 9.50. The zero-order valence-corrected chi connectivity index (χ0v) is 20.6. The van der Waals surface area contributed by atoms with Gasteiger partial charge < -0.3 is 14.6 Å². The van der Waals surface area contributed by atoms with Crippen LogP contribution in [-0.4, -0.2) is 56.9 Å². The van der Waals surface area contributed by atoms with Crippen molar-refractivity contribution in [1.82, 2.24) is 24.6 Å². The standard InChI is InChI=1S/C28H31N5O3/c1-18-13-25-23(26-24(27(34)31-25)17-30-33(26)21-6-11-36-12-7-21)15-22(18)28(35)32-9-4-19(5-10-32)14-20-3-2-8-29-16-20/h2-3,8,13,15-17,19,21H,4-7,9-12,14H2,1H3,(H,31,34). The fourth-order valence-corrected chi connectivity index (χ4v) is 5.79. The van der Waals surface area contributed by atoms with Crippen molar-refractivity contribution in [1.29, 1.82) is 0 Å². The van der Waals surface area contributed by atoms with Crippen molar-refractivity contribution in [3.63, 3.8) is 0 Å². The Labute approximate surface area is 209 Å². The molecular formula is C28H31N5O3. The van der Waals surface area contributed by atoms with Crippen LogP contribution in [0.25, 0.3) is 21.8 Å². The first kappa shape index (κ1) is 22.9. The van der Waals surface area contributed by atoms with E-state index >= 15 is 0 Å². The van der Waals surface area contributed by atoms with E-state index in [4.69, 9.17) is 4.74 Å². The highest BCUT2D eigenvalue weighted by Crippen LogP contribution is 2.31. The van der Waals surface area contributed by atoms with Crippen LogP contribution in [0, 0.1) is 12.8 Å². The van der Waals surface area contributed by atoms with Crippen LogP contribution in [-0.2, 0) is 11.2 Å². The van der Waals surface area contributed by atoms with E-state index in [-0.39, 0.29) is 17.5 Å². The first-order valence-electron chi connectivity index (χ1n) is 12.9. The molecule has 8 heteroatoms. The number of H-pyrrole nitrogens is 1. The molecule has 2 aliphatic rings. The van der Waals surface area contributed by atoms with Crippen LogP contribution in [0.1, 0.15) is 53.2 Å². The molecule has 4 aromatic rings. The summed E-state index contributed by atoms with van der Waals surface area (Å²) >= 11 is 0. The number of benzene rings is 1. The quantitative estimate of drug-likeness (QED) is 0.471. The van der Waals surface area contributed by atoms with E-state index < -0.39 is 0 Å². The molecule has 36 heavy (non-hydrogen) atoms. The Morgan fingerprint density at radius 1 is 1.11 bits per heavy atom. The molecule has 186 valence electrons. The van der Waals surface area contributed by atoms with Crippen LogP contribution < -0.4 is 5.56 Å². The molecule has 0 saturated carbocycles. The van der Waals surface area contributed by atoms with E-state index in [0.29, 0.717) is 30.1 Å². The van der Waals surface area contributed by atoms with Gasteiger partial charge in [-0.15, -0.1) is 0 Å². The SMILES string of the molecule is Cc1cc2[nH]c(=O)c3cnn(C4CCOCC4)c3c2cc1C(=O)N1CCC(Cc2cccnc2)CC1. The van der Waals surface area contributed by atoms with E-state index in [0.717, 1.165) is 67.2 Å². The second-order valence-corrected chi connectivity index (χ2v) is 10.2. The number of carbonyl (C=O) groups is 1. The number of nitrogens with zero attached hydrogens (tertiary/aromatic N) is 4. The summed E-state index contributed by atoms with van der Waals surface area (Å²) in [6.45, 7) is 4.82. The van der Waals surface area contributed by atoms with Gasteiger partial charge in [-0.05, 0) is 74.3 Å². The van der Waals surface area contributed by atoms with Gasteiger partial charge in [-0.1, -0.05) is 6.07 Å². The van der Waals surface area contributed by atoms with E-state index in [9.17, 15) is 9.59 Å². The van der Waals surface area contributed by atoms with Crippen LogP contribution in [0.5, 0.6) is 0 Å². The molecule has 0 radical (unpaired) electrons. The number of amides is 1. The summed E-state index contributed by atoms with van der Waals surface area (Å²) in [4.78, 5) is 35.7. The molecule has 3 aromatic heterocycles. The topological polar surface area (TPSA) is 93.1 Å². The molecule has 6 rings (SSSR count). The Bertz CT molecular complexity index is 1460. The van der Waals surface area contributed by atoms with Crippen LogP contribution in [0.15, 0.2) is 47.7 Å². The molecule has 1 amide bonds. The molecule has 0 spiro atoms. The van der Waals surface area contributed by atoms with Gasteiger partial charge in [0.05, 0.1) is 28.7 Å². The number of nitrogens with one attached hydrogen (secondary N) is 1. The lowest BCUT2D eigenvalue weighted by molar-refractivity contribution is 0.0675. The Morgan fingerprint density at radius 2 is 1.92 bits per heavy atom. The minimum Gasteiger partial charge on any atom is -0.381 e. The summed E-state index contributed by atoms with van der Waals surface area (Å²) in [6, 6.07) is 8.18. The largest absolute Gasteiger partial charge is 0.381 e. The van der Waals surface area contributed by atoms with Gasteiger partial charge >= 0.3 is 0 Å². The van der Waals surface area contributed by atoms with E-state index in [1.807, 2.05) is 40.9 Å². The monoisotopic (exact) mass is 485 g/mol. The number of aromatic nitrogens is 4. The predicted molar refractivity (Wildman–Crippen MR) is 138 cm³/mol. The highest BCUT2D eigenvalue weighted by molar-refractivity contribution is 6.07. The predicted octanol–water partition coefficient (Wildman–Crippen LogP) is 4.03. The lowest BCUT2D eigenvalue weighted by atomic mass is 9.90. The fraction of sp³-hybridized carbons (Fsp3) is 0.429. The summed E-state index contributed by atoms with van der Waals surface area (Å²) in [5.74, 6) is 0.625. The molecular weight excluding hydrogens is 454 g/mol. The van der Waals surface area contributed by atoms with Crippen LogP contribution in [0.3, 0.4) is 0 Å². The molecule has 8 nitrogen and oxygen atoms in total. The summed E-state index contributed by atoms with van der Waals surface area (Å²) in [7, 11) is 0. The number of piperidine rings is 1. The molecule has 2 aliphatic heterocycles. The van der Waals surface area contributed by atoms with E-state index in [1.165, 1.54) is 5.56 Å². The number of fused-ring (bicyclic) bond motifs is 3. The molecule has 1 N–H and O–H groups in total. The molecule has 0 atom stereocenters. The van der Waals surface area contributed by atoms with Gasteiger partial charge in [0.15, 0.2) is 0 Å². The minimum absolute atomic E-state index is 0.0608. The van der Waals surface area contributed by atoms with Crippen molar-refractivity contribution < 1.29 is 9.53 Å². The van der Waals surface area contributed by atoms with Crippen molar-refractivity contribution in [2.45, 2.75) is 45.1 Å². The summed E-state index contributed by atoms with van der Waals surface area (Å²) in [5.41, 5.74) is 4.23. The fourth-order valence-electron chi connectivity index (χ4n) is 5.79. The zero-order valence-electron chi connectivity index (χ0n) is 20.6. The van der Waals surface area contributed by atoms with Crippen LogP contribution in [0.4, 0.5) is 0 Å². The maximum absolute atomic E-state index is 13.7. The Morgan fingerprint density at radius 3 is 2.67 bits per heavy atom. The number of aromatic amines is 1.